The summed E-state index contributed by atoms with van der Waals surface area (Å²) < 4.78 is 40.9. The molecule has 0 spiro atoms. The fraction of sp³-hybridized carbons (Fsp3) is 0.684. The molecule has 2 aliphatic rings. The normalized spacial score (nSPS) is 21.6. The zero-order valence-electron chi connectivity index (χ0n) is 15.9. The lowest BCUT2D eigenvalue weighted by atomic mass is 9.97. The van der Waals surface area contributed by atoms with Gasteiger partial charge in [0, 0.05) is 56.4 Å². The minimum absolute atomic E-state index is 0.0649. The van der Waals surface area contributed by atoms with Gasteiger partial charge in [-0.05, 0) is 37.4 Å². The Morgan fingerprint density at radius 3 is 2.30 bits per heavy atom. The highest BCUT2D eigenvalue weighted by molar-refractivity contribution is 7.88. The fourth-order valence-electron chi connectivity index (χ4n) is 3.97. The molecule has 2 heterocycles. The molecule has 8 heteroatoms. The first kappa shape index (κ1) is 21.0. The van der Waals surface area contributed by atoms with Crippen molar-refractivity contribution in [3.05, 3.63) is 34.6 Å². The molecule has 0 bridgehead atoms. The maximum atomic E-state index is 13.9. The second-order valence-electron chi connectivity index (χ2n) is 7.53. The van der Waals surface area contributed by atoms with Crippen LogP contribution in [0.3, 0.4) is 0 Å². The van der Waals surface area contributed by atoms with Gasteiger partial charge in [-0.15, -0.1) is 0 Å². The Kier molecular flexibility index (Phi) is 7.14. The number of sulfonamides is 1. The zero-order chi connectivity index (χ0) is 19.4. The zero-order valence-corrected chi connectivity index (χ0v) is 17.5. The third-order valence-corrected chi connectivity index (χ3v) is 7.94. The minimum Gasteiger partial charge on any atom is -0.301 e. The van der Waals surface area contributed by atoms with Crippen LogP contribution < -0.4 is 0 Å². The van der Waals surface area contributed by atoms with E-state index in [0.29, 0.717) is 19.0 Å². The van der Waals surface area contributed by atoms with Gasteiger partial charge >= 0.3 is 0 Å². The molecule has 3 rings (SSSR count). The van der Waals surface area contributed by atoms with Crippen LogP contribution in [0.1, 0.15) is 25.3 Å². The molecule has 0 saturated carbocycles. The predicted octanol–water partition coefficient (Wildman–Crippen LogP) is 2.66. The van der Waals surface area contributed by atoms with Crippen molar-refractivity contribution in [1.82, 2.24) is 14.1 Å². The monoisotopic (exact) mass is 417 g/mol. The standard InChI is InChI=1S/C19H29ClFN3O2S/c1-2-22-10-12-23(13-11-22)14-16-6-8-24(9-7-16)27(25,26)15-17-18(20)4-3-5-19(17)21/h3-5,16H,2,6-15H2,1H3. The molecule has 0 atom stereocenters. The first-order valence-electron chi connectivity index (χ1n) is 9.74. The first-order chi connectivity index (χ1) is 12.9. The topological polar surface area (TPSA) is 43.9 Å². The van der Waals surface area contributed by atoms with E-state index >= 15 is 0 Å². The van der Waals surface area contributed by atoms with E-state index in [0.717, 1.165) is 52.1 Å². The van der Waals surface area contributed by atoms with Gasteiger partial charge in [0.05, 0.1) is 5.75 Å². The predicted molar refractivity (Wildman–Crippen MR) is 107 cm³/mol. The maximum absolute atomic E-state index is 13.9. The third-order valence-electron chi connectivity index (χ3n) is 5.78. The van der Waals surface area contributed by atoms with Crippen molar-refractivity contribution in [2.45, 2.75) is 25.5 Å². The molecule has 27 heavy (non-hydrogen) atoms. The number of hydrogen-bond acceptors (Lipinski definition) is 4. The van der Waals surface area contributed by atoms with E-state index in [2.05, 4.69) is 16.7 Å². The summed E-state index contributed by atoms with van der Waals surface area (Å²) in [6, 6.07) is 4.26. The number of piperidine rings is 1. The van der Waals surface area contributed by atoms with Gasteiger partial charge in [-0.25, -0.2) is 17.1 Å². The molecule has 0 aromatic heterocycles. The highest BCUT2D eigenvalue weighted by atomic mass is 35.5. The van der Waals surface area contributed by atoms with Crippen molar-refractivity contribution >= 4 is 21.6 Å². The molecule has 0 unspecified atom stereocenters. The van der Waals surface area contributed by atoms with Gasteiger partial charge in [-0.1, -0.05) is 24.6 Å². The van der Waals surface area contributed by atoms with Crippen molar-refractivity contribution < 1.29 is 12.8 Å². The van der Waals surface area contributed by atoms with E-state index in [4.69, 9.17) is 11.6 Å². The number of halogens is 2. The van der Waals surface area contributed by atoms with E-state index < -0.39 is 15.8 Å². The Hall–Kier alpha value is -0.730. The van der Waals surface area contributed by atoms with Crippen LogP contribution >= 0.6 is 11.6 Å². The van der Waals surface area contributed by atoms with Crippen LogP contribution in [-0.4, -0.2) is 74.9 Å². The van der Waals surface area contributed by atoms with Crippen LogP contribution in [0.15, 0.2) is 18.2 Å². The van der Waals surface area contributed by atoms with Crippen molar-refractivity contribution in [2.24, 2.45) is 5.92 Å². The maximum Gasteiger partial charge on any atom is 0.218 e. The lowest BCUT2D eigenvalue weighted by molar-refractivity contribution is 0.109. The summed E-state index contributed by atoms with van der Waals surface area (Å²) in [6.45, 7) is 9.79. The second kappa shape index (κ2) is 9.18. The van der Waals surface area contributed by atoms with Crippen LogP contribution in [0.2, 0.25) is 5.02 Å². The average molecular weight is 418 g/mol. The lowest BCUT2D eigenvalue weighted by Gasteiger charge is -2.38. The smallest absolute Gasteiger partial charge is 0.218 e. The molecule has 2 aliphatic heterocycles. The average Bonchev–Trinajstić information content (AvgIpc) is 2.66. The van der Waals surface area contributed by atoms with Crippen molar-refractivity contribution in [1.29, 1.82) is 0 Å². The molecular weight excluding hydrogens is 389 g/mol. The Labute approximate surface area is 167 Å². The number of nitrogens with zero attached hydrogens (tertiary/aromatic N) is 3. The van der Waals surface area contributed by atoms with E-state index in [-0.39, 0.29) is 16.3 Å². The highest BCUT2D eigenvalue weighted by Gasteiger charge is 2.30. The highest BCUT2D eigenvalue weighted by Crippen LogP contribution is 2.26. The minimum atomic E-state index is -3.56. The Morgan fingerprint density at radius 2 is 1.70 bits per heavy atom. The molecule has 0 aliphatic carbocycles. The summed E-state index contributed by atoms with van der Waals surface area (Å²) >= 11 is 5.99. The summed E-state index contributed by atoms with van der Waals surface area (Å²) in [5, 5.41) is 0.166. The van der Waals surface area contributed by atoms with Gasteiger partial charge in [0.15, 0.2) is 0 Å². The lowest BCUT2D eigenvalue weighted by Crippen LogP contribution is -2.49. The summed E-state index contributed by atoms with van der Waals surface area (Å²) in [5.41, 5.74) is 0.0649. The SMILES string of the molecule is CCN1CCN(CC2CCN(S(=O)(=O)Cc3c(F)cccc3Cl)CC2)CC1. The van der Waals surface area contributed by atoms with Crippen LogP contribution in [0.5, 0.6) is 0 Å². The van der Waals surface area contributed by atoms with Crippen LogP contribution in [0.25, 0.3) is 0 Å². The third kappa shape index (κ3) is 5.41. The van der Waals surface area contributed by atoms with Gasteiger partial charge < -0.3 is 9.80 Å². The number of piperazine rings is 1. The van der Waals surface area contributed by atoms with E-state index in [1.54, 1.807) is 0 Å². The number of hydrogen-bond donors (Lipinski definition) is 0. The molecular formula is C19H29ClFN3O2S. The number of rotatable bonds is 6. The summed E-state index contributed by atoms with van der Waals surface area (Å²) in [6.07, 6.45) is 1.72. The van der Waals surface area contributed by atoms with Crippen molar-refractivity contribution in [2.75, 3.05) is 52.4 Å². The van der Waals surface area contributed by atoms with E-state index in [1.807, 2.05) is 0 Å². The molecule has 152 valence electrons. The Bertz CT molecular complexity index is 710. The molecule has 0 N–H and O–H groups in total. The molecule has 5 nitrogen and oxygen atoms in total. The summed E-state index contributed by atoms with van der Waals surface area (Å²) in [5.74, 6) is -0.406. The molecule has 1 aromatic carbocycles. The molecule has 2 fully saturated rings. The largest absolute Gasteiger partial charge is 0.301 e. The van der Waals surface area contributed by atoms with Crippen molar-refractivity contribution in [3.63, 3.8) is 0 Å². The molecule has 0 amide bonds. The van der Waals surface area contributed by atoms with Crippen molar-refractivity contribution in [3.8, 4) is 0 Å². The van der Waals surface area contributed by atoms with Crippen LogP contribution in [0.4, 0.5) is 4.39 Å². The number of benzene rings is 1. The van der Waals surface area contributed by atoms with Crippen LogP contribution in [-0.2, 0) is 15.8 Å². The first-order valence-corrected chi connectivity index (χ1v) is 11.7. The van der Waals surface area contributed by atoms with Crippen LogP contribution in [0, 0.1) is 11.7 Å². The fourth-order valence-corrected chi connectivity index (χ4v) is 5.88. The van der Waals surface area contributed by atoms with Gasteiger partial charge in [-0.2, -0.15) is 0 Å². The summed E-state index contributed by atoms with van der Waals surface area (Å²) in [4.78, 5) is 4.96. The molecule has 2 saturated heterocycles. The second-order valence-corrected chi connectivity index (χ2v) is 9.91. The van der Waals surface area contributed by atoms with E-state index in [9.17, 15) is 12.8 Å². The van der Waals surface area contributed by atoms with Gasteiger partial charge in [-0.3, -0.25) is 0 Å². The quantitative estimate of drug-likeness (QED) is 0.713. The van der Waals surface area contributed by atoms with Gasteiger partial charge in [0.25, 0.3) is 0 Å². The summed E-state index contributed by atoms with van der Waals surface area (Å²) in [7, 11) is -3.56. The Balaban J connectivity index is 1.51. The Morgan fingerprint density at radius 1 is 1.07 bits per heavy atom. The van der Waals surface area contributed by atoms with E-state index in [1.165, 1.54) is 22.5 Å². The van der Waals surface area contributed by atoms with Gasteiger partial charge in [0.2, 0.25) is 10.0 Å². The molecule has 0 radical (unpaired) electrons. The number of likely N-dealkylation sites (N-methyl/N-ethyl adjacent to an activating group) is 1. The van der Waals surface area contributed by atoms with Gasteiger partial charge in [0.1, 0.15) is 5.82 Å². The molecule has 1 aromatic rings.